The van der Waals surface area contributed by atoms with Gasteiger partial charge in [0.05, 0.1) is 5.69 Å². The Labute approximate surface area is 78.8 Å². The van der Waals surface area contributed by atoms with Crippen LogP contribution in [0.4, 0.5) is 0 Å². The normalized spacial score (nSPS) is 10.9. The summed E-state index contributed by atoms with van der Waals surface area (Å²) in [5.74, 6) is -0.0848. The van der Waals surface area contributed by atoms with E-state index in [1.165, 1.54) is 11.8 Å². The number of aromatic hydroxyl groups is 1. The number of aryl methyl sites for hydroxylation is 1. The number of hydrogen-bond acceptors (Lipinski definition) is 5. The maximum absolute atomic E-state index is 9.36. The Bertz CT molecular complexity index is 453. The summed E-state index contributed by atoms with van der Waals surface area (Å²) in [5, 5.41) is 21.6. The summed E-state index contributed by atoms with van der Waals surface area (Å²) < 4.78 is 1.59. The van der Waals surface area contributed by atoms with E-state index in [4.69, 9.17) is 0 Å². The monoisotopic (exact) mass is 196 g/mol. The highest BCUT2D eigenvalue weighted by atomic mass is 32.2. The third-order valence-electron chi connectivity index (χ3n) is 1.65. The van der Waals surface area contributed by atoms with Crippen molar-refractivity contribution in [1.29, 1.82) is 0 Å². The molecule has 6 heteroatoms. The Morgan fingerprint density at radius 3 is 2.92 bits per heavy atom. The average Bonchev–Trinajstić information content (AvgIpc) is 2.48. The molecule has 0 atom stereocenters. The highest BCUT2D eigenvalue weighted by molar-refractivity contribution is 7.98. The van der Waals surface area contributed by atoms with Gasteiger partial charge in [-0.1, -0.05) is 11.8 Å². The number of aromatic nitrogens is 4. The van der Waals surface area contributed by atoms with Crippen LogP contribution in [0.3, 0.4) is 0 Å². The zero-order valence-electron chi connectivity index (χ0n) is 7.22. The van der Waals surface area contributed by atoms with E-state index in [2.05, 4.69) is 15.3 Å². The molecule has 0 aliphatic heterocycles. The molecule has 13 heavy (non-hydrogen) atoms. The SMILES string of the molecule is CSc1nnc(O)c2cc(C)nn12. The second kappa shape index (κ2) is 2.88. The Morgan fingerprint density at radius 1 is 1.46 bits per heavy atom. The van der Waals surface area contributed by atoms with Crippen LogP contribution >= 0.6 is 11.8 Å². The Morgan fingerprint density at radius 2 is 2.23 bits per heavy atom. The highest BCUT2D eigenvalue weighted by Crippen LogP contribution is 2.19. The lowest BCUT2D eigenvalue weighted by molar-refractivity contribution is 0.440. The fraction of sp³-hybridized carbons (Fsp3) is 0.286. The summed E-state index contributed by atoms with van der Waals surface area (Å²) in [6.07, 6.45) is 1.89. The Kier molecular flexibility index (Phi) is 1.84. The first-order valence-corrected chi connectivity index (χ1v) is 4.91. The highest BCUT2D eigenvalue weighted by Gasteiger charge is 2.09. The maximum Gasteiger partial charge on any atom is 0.257 e. The van der Waals surface area contributed by atoms with Crippen molar-refractivity contribution in [2.24, 2.45) is 0 Å². The van der Waals surface area contributed by atoms with Crippen molar-refractivity contribution in [2.45, 2.75) is 12.1 Å². The fourth-order valence-corrected chi connectivity index (χ4v) is 1.55. The minimum Gasteiger partial charge on any atom is -0.491 e. The van der Waals surface area contributed by atoms with Crippen molar-refractivity contribution in [3.8, 4) is 5.88 Å². The summed E-state index contributed by atoms with van der Waals surface area (Å²) in [6.45, 7) is 1.86. The summed E-state index contributed by atoms with van der Waals surface area (Å²) in [6, 6.07) is 1.77. The van der Waals surface area contributed by atoms with Gasteiger partial charge in [0, 0.05) is 0 Å². The van der Waals surface area contributed by atoms with Crippen LogP contribution in [0.1, 0.15) is 5.69 Å². The van der Waals surface area contributed by atoms with E-state index >= 15 is 0 Å². The topological polar surface area (TPSA) is 63.3 Å². The average molecular weight is 196 g/mol. The van der Waals surface area contributed by atoms with E-state index in [9.17, 15) is 5.11 Å². The van der Waals surface area contributed by atoms with Crippen LogP contribution in [0.25, 0.3) is 5.52 Å². The summed E-state index contributed by atoms with van der Waals surface area (Å²) in [5.41, 5.74) is 1.43. The molecule has 0 aromatic carbocycles. The molecule has 68 valence electrons. The molecule has 2 aromatic rings. The van der Waals surface area contributed by atoms with Crippen molar-refractivity contribution in [2.75, 3.05) is 6.26 Å². The van der Waals surface area contributed by atoms with Crippen molar-refractivity contribution < 1.29 is 5.11 Å². The van der Waals surface area contributed by atoms with Gasteiger partial charge in [0.25, 0.3) is 5.88 Å². The predicted molar refractivity (Wildman–Crippen MR) is 49.0 cm³/mol. The molecule has 2 aromatic heterocycles. The van der Waals surface area contributed by atoms with E-state index in [1.807, 2.05) is 13.2 Å². The van der Waals surface area contributed by atoms with Gasteiger partial charge in [-0.05, 0) is 19.2 Å². The second-order valence-corrected chi connectivity index (χ2v) is 3.37. The van der Waals surface area contributed by atoms with Crippen LogP contribution in [0.15, 0.2) is 11.2 Å². The van der Waals surface area contributed by atoms with Gasteiger partial charge in [-0.15, -0.1) is 10.2 Å². The first kappa shape index (κ1) is 8.31. The quantitative estimate of drug-likeness (QED) is 0.685. The van der Waals surface area contributed by atoms with Crippen LogP contribution in [0.2, 0.25) is 0 Å². The standard InChI is InChI=1S/C7H8N4OS/c1-4-3-5-6(12)8-9-7(13-2)11(5)10-4/h3H,1-2H3,(H,8,12). The molecule has 1 N–H and O–H groups in total. The number of nitrogens with zero attached hydrogens (tertiary/aromatic N) is 4. The molecule has 0 unspecified atom stereocenters. The lowest BCUT2D eigenvalue weighted by Gasteiger charge is -1.98. The van der Waals surface area contributed by atoms with E-state index in [0.29, 0.717) is 10.7 Å². The van der Waals surface area contributed by atoms with Gasteiger partial charge in [0.15, 0.2) is 0 Å². The zero-order valence-corrected chi connectivity index (χ0v) is 8.04. The minimum absolute atomic E-state index is 0.0848. The fourth-order valence-electron chi connectivity index (χ4n) is 1.12. The van der Waals surface area contributed by atoms with Crippen LogP contribution in [0, 0.1) is 6.92 Å². The maximum atomic E-state index is 9.36. The van der Waals surface area contributed by atoms with Gasteiger partial charge in [-0.25, -0.2) is 4.52 Å². The van der Waals surface area contributed by atoms with Crippen LogP contribution in [0.5, 0.6) is 5.88 Å². The van der Waals surface area contributed by atoms with E-state index < -0.39 is 0 Å². The van der Waals surface area contributed by atoms with Gasteiger partial charge in [-0.2, -0.15) is 5.10 Å². The molecular formula is C7H8N4OS. The molecule has 0 fully saturated rings. The van der Waals surface area contributed by atoms with E-state index in [0.717, 1.165) is 5.69 Å². The minimum atomic E-state index is -0.0848. The molecule has 0 aliphatic rings. The molecule has 2 rings (SSSR count). The van der Waals surface area contributed by atoms with E-state index in [1.54, 1.807) is 10.6 Å². The third-order valence-corrected chi connectivity index (χ3v) is 2.27. The van der Waals surface area contributed by atoms with Gasteiger partial charge in [0.1, 0.15) is 5.52 Å². The van der Waals surface area contributed by atoms with Gasteiger partial charge < -0.3 is 5.11 Å². The molecule has 0 saturated heterocycles. The summed E-state index contributed by atoms with van der Waals surface area (Å²) in [4.78, 5) is 0. The first-order valence-electron chi connectivity index (χ1n) is 3.68. The first-order chi connectivity index (χ1) is 6.22. The number of rotatable bonds is 1. The Hall–Kier alpha value is -1.30. The molecular weight excluding hydrogens is 188 g/mol. The molecule has 0 bridgehead atoms. The van der Waals surface area contributed by atoms with E-state index in [-0.39, 0.29) is 5.88 Å². The smallest absolute Gasteiger partial charge is 0.257 e. The predicted octanol–water partition coefficient (Wildman–Crippen LogP) is 0.860. The lowest BCUT2D eigenvalue weighted by Crippen LogP contribution is -1.98. The summed E-state index contributed by atoms with van der Waals surface area (Å²) in [7, 11) is 0. The van der Waals surface area contributed by atoms with Crippen molar-refractivity contribution in [3.05, 3.63) is 11.8 Å². The molecule has 2 heterocycles. The molecule has 0 radical (unpaired) electrons. The summed E-state index contributed by atoms with van der Waals surface area (Å²) >= 11 is 1.44. The van der Waals surface area contributed by atoms with Crippen LogP contribution < -0.4 is 0 Å². The van der Waals surface area contributed by atoms with Gasteiger partial charge in [0.2, 0.25) is 5.16 Å². The largest absolute Gasteiger partial charge is 0.491 e. The Balaban J connectivity index is 2.83. The lowest BCUT2D eigenvalue weighted by atomic mass is 10.4. The van der Waals surface area contributed by atoms with Crippen LogP contribution in [-0.2, 0) is 0 Å². The van der Waals surface area contributed by atoms with Gasteiger partial charge in [-0.3, -0.25) is 0 Å². The zero-order chi connectivity index (χ0) is 9.42. The van der Waals surface area contributed by atoms with Crippen LogP contribution in [-0.4, -0.2) is 31.2 Å². The third kappa shape index (κ3) is 1.23. The molecule has 0 amide bonds. The van der Waals surface area contributed by atoms with Gasteiger partial charge >= 0.3 is 0 Å². The van der Waals surface area contributed by atoms with Crippen molar-refractivity contribution in [1.82, 2.24) is 19.8 Å². The molecule has 5 nitrogen and oxygen atoms in total. The molecule has 0 aliphatic carbocycles. The molecule has 0 saturated carbocycles. The number of fused-ring (bicyclic) bond motifs is 1. The number of hydrogen-bond donors (Lipinski definition) is 1. The second-order valence-electron chi connectivity index (χ2n) is 2.59. The van der Waals surface area contributed by atoms with Crippen molar-refractivity contribution >= 4 is 17.3 Å². The van der Waals surface area contributed by atoms with Crippen molar-refractivity contribution in [3.63, 3.8) is 0 Å². The molecule has 0 spiro atoms. The number of thioether (sulfide) groups is 1.